The highest BCUT2D eigenvalue weighted by Gasteiger charge is 2.21. The van der Waals surface area contributed by atoms with Crippen LogP contribution in [-0.2, 0) is 17.7 Å². The van der Waals surface area contributed by atoms with Gasteiger partial charge in [-0.05, 0) is 20.3 Å². The third kappa shape index (κ3) is 2.11. The molecule has 0 aromatic carbocycles. The van der Waals surface area contributed by atoms with Gasteiger partial charge in [-0.1, -0.05) is 6.92 Å². The number of aryl methyl sites for hydroxylation is 1. The number of carbonyl (C=O) groups excluding carboxylic acids is 1. The van der Waals surface area contributed by atoms with E-state index in [-0.39, 0.29) is 11.8 Å². The zero-order valence-corrected chi connectivity index (χ0v) is 9.41. The summed E-state index contributed by atoms with van der Waals surface area (Å²) in [4.78, 5) is 11.6. The van der Waals surface area contributed by atoms with Gasteiger partial charge < -0.3 is 10.5 Å². The van der Waals surface area contributed by atoms with Gasteiger partial charge in [-0.25, -0.2) is 4.79 Å². The molecular formula is C10H17N3O2. The van der Waals surface area contributed by atoms with Crippen LogP contribution in [0.3, 0.4) is 0 Å². The zero-order valence-electron chi connectivity index (χ0n) is 9.41. The van der Waals surface area contributed by atoms with Crippen LogP contribution in [0.25, 0.3) is 0 Å². The maximum atomic E-state index is 11.6. The van der Waals surface area contributed by atoms with E-state index in [2.05, 4.69) is 5.10 Å². The van der Waals surface area contributed by atoms with Crippen LogP contribution < -0.4 is 5.73 Å². The smallest absolute Gasteiger partial charge is 0.343 e. The largest absolute Gasteiger partial charge is 0.462 e. The minimum absolute atomic E-state index is 0.257. The lowest BCUT2D eigenvalue weighted by atomic mass is 10.2. The van der Waals surface area contributed by atoms with Gasteiger partial charge in [-0.15, -0.1) is 0 Å². The average molecular weight is 211 g/mol. The summed E-state index contributed by atoms with van der Waals surface area (Å²) >= 11 is 0. The molecule has 1 aromatic heterocycles. The number of hydrogen-bond donors (Lipinski definition) is 1. The van der Waals surface area contributed by atoms with Crippen molar-refractivity contribution in [2.24, 2.45) is 0 Å². The number of anilines is 1. The maximum Gasteiger partial charge on any atom is 0.343 e. The van der Waals surface area contributed by atoms with E-state index >= 15 is 0 Å². The molecule has 15 heavy (non-hydrogen) atoms. The Labute approximate surface area is 89.2 Å². The highest BCUT2D eigenvalue weighted by atomic mass is 16.5. The highest BCUT2D eigenvalue weighted by Crippen LogP contribution is 2.18. The Morgan fingerprint density at radius 3 is 2.60 bits per heavy atom. The molecule has 5 nitrogen and oxygen atoms in total. The molecule has 0 spiro atoms. The topological polar surface area (TPSA) is 70.1 Å². The number of hydrogen-bond acceptors (Lipinski definition) is 4. The van der Waals surface area contributed by atoms with E-state index < -0.39 is 0 Å². The Morgan fingerprint density at radius 1 is 1.47 bits per heavy atom. The molecule has 0 saturated carbocycles. The van der Waals surface area contributed by atoms with Crippen molar-refractivity contribution in [2.75, 3.05) is 12.3 Å². The summed E-state index contributed by atoms with van der Waals surface area (Å²) < 4.78 is 6.67. The summed E-state index contributed by atoms with van der Waals surface area (Å²) in [5.74, 6) is -0.126. The summed E-state index contributed by atoms with van der Waals surface area (Å²) in [6.07, 6.45) is 0.714. The summed E-state index contributed by atoms with van der Waals surface area (Å²) in [6.45, 7) is 6.74. The van der Waals surface area contributed by atoms with Crippen molar-refractivity contribution in [3.63, 3.8) is 0 Å². The molecule has 5 heteroatoms. The van der Waals surface area contributed by atoms with Crippen LogP contribution in [-0.4, -0.2) is 22.4 Å². The summed E-state index contributed by atoms with van der Waals surface area (Å²) in [7, 11) is 0. The van der Waals surface area contributed by atoms with Crippen LogP contribution in [0.2, 0.25) is 0 Å². The molecule has 1 rings (SSSR count). The zero-order chi connectivity index (χ0) is 11.4. The lowest BCUT2D eigenvalue weighted by Gasteiger charge is -2.04. The lowest BCUT2D eigenvalue weighted by molar-refractivity contribution is 0.0526. The Bertz CT molecular complexity index is 358. The van der Waals surface area contributed by atoms with E-state index in [9.17, 15) is 4.79 Å². The SMILES string of the molecule is CCOC(=O)c1c(N)nn(CC)c1CC. The molecular weight excluding hydrogens is 194 g/mol. The summed E-state index contributed by atoms with van der Waals surface area (Å²) in [5.41, 5.74) is 6.95. The molecule has 0 unspecified atom stereocenters. The van der Waals surface area contributed by atoms with Crippen LogP contribution in [0, 0.1) is 0 Å². The van der Waals surface area contributed by atoms with Crippen LogP contribution >= 0.6 is 0 Å². The first kappa shape index (κ1) is 11.6. The van der Waals surface area contributed by atoms with Crippen molar-refractivity contribution in [3.05, 3.63) is 11.3 Å². The van der Waals surface area contributed by atoms with E-state index in [1.807, 2.05) is 13.8 Å². The minimum Gasteiger partial charge on any atom is -0.462 e. The summed E-state index contributed by atoms with van der Waals surface area (Å²) in [6, 6.07) is 0. The van der Waals surface area contributed by atoms with Gasteiger partial charge >= 0.3 is 5.97 Å². The molecule has 2 N–H and O–H groups in total. The number of esters is 1. The van der Waals surface area contributed by atoms with Crippen LogP contribution in [0.4, 0.5) is 5.82 Å². The van der Waals surface area contributed by atoms with Gasteiger partial charge in [0.2, 0.25) is 0 Å². The molecule has 0 fully saturated rings. The molecule has 0 amide bonds. The molecule has 1 aromatic rings. The first-order valence-electron chi connectivity index (χ1n) is 5.17. The number of nitrogens with two attached hydrogens (primary N) is 1. The molecule has 0 saturated heterocycles. The maximum absolute atomic E-state index is 11.6. The first-order chi connectivity index (χ1) is 7.15. The second-order valence-corrected chi connectivity index (χ2v) is 3.10. The Balaban J connectivity index is 3.15. The second kappa shape index (κ2) is 4.82. The lowest BCUT2D eigenvalue weighted by Crippen LogP contribution is -2.10. The highest BCUT2D eigenvalue weighted by molar-refractivity contribution is 5.95. The molecule has 0 aliphatic heterocycles. The fourth-order valence-corrected chi connectivity index (χ4v) is 1.56. The van der Waals surface area contributed by atoms with Gasteiger partial charge in [0.15, 0.2) is 5.82 Å². The number of rotatable bonds is 4. The van der Waals surface area contributed by atoms with Crippen molar-refractivity contribution < 1.29 is 9.53 Å². The van der Waals surface area contributed by atoms with Gasteiger partial charge in [0, 0.05) is 6.54 Å². The van der Waals surface area contributed by atoms with Gasteiger partial charge in [0.05, 0.1) is 12.3 Å². The van der Waals surface area contributed by atoms with Crippen LogP contribution in [0.5, 0.6) is 0 Å². The minimum atomic E-state index is -0.383. The number of nitrogens with zero attached hydrogens (tertiary/aromatic N) is 2. The molecule has 84 valence electrons. The third-order valence-corrected chi connectivity index (χ3v) is 2.20. The number of nitrogen functional groups attached to an aromatic ring is 1. The van der Waals surface area contributed by atoms with Crippen molar-refractivity contribution >= 4 is 11.8 Å². The Morgan fingerprint density at radius 2 is 2.13 bits per heavy atom. The predicted molar refractivity (Wildman–Crippen MR) is 57.6 cm³/mol. The molecule has 0 atom stereocenters. The van der Waals surface area contributed by atoms with E-state index in [4.69, 9.17) is 10.5 Å². The Hall–Kier alpha value is -1.52. The summed E-state index contributed by atoms with van der Waals surface area (Å²) in [5, 5.41) is 4.10. The van der Waals surface area contributed by atoms with Crippen molar-refractivity contribution in [3.8, 4) is 0 Å². The first-order valence-corrected chi connectivity index (χ1v) is 5.17. The molecule has 0 bridgehead atoms. The van der Waals surface area contributed by atoms with Gasteiger partial charge in [-0.3, -0.25) is 4.68 Å². The van der Waals surface area contributed by atoms with Gasteiger partial charge in [0.25, 0.3) is 0 Å². The number of ether oxygens (including phenoxy) is 1. The number of carbonyl (C=O) groups is 1. The van der Waals surface area contributed by atoms with Crippen molar-refractivity contribution in [1.82, 2.24) is 9.78 Å². The fraction of sp³-hybridized carbons (Fsp3) is 0.600. The molecule has 1 heterocycles. The quantitative estimate of drug-likeness (QED) is 0.760. The van der Waals surface area contributed by atoms with E-state index in [0.29, 0.717) is 25.1 Å². The van der Waals surface area contributed by atoms with Crippen LogP contribution in [0.15, 0.2) is 0 Å². The predicted octanol–water partition coefficient (Wildman–Crippen LogP) is 1.22. The van der Waals surface area contributed by atoms with E-state index in [1.54, 1.807) is 11.6 Å². The average Bonchev–Trinajstić information content (AvgIpc) is 2.54. The molecule has 0 aliphatic carbocycles. The van der Waals surface area contributed by atoms with Crippen molar-refractivity contribution in [1.29, 1.82) is 0 Å². The van der Waals surface area contributed by atoms with Gasteiger partial charge in [-0.2, -0.15) is 5.10 Å². The van der Waals surface area contributed by atoms with E-state index in [0.717, 1.165) is 5.69 Å². The van der Waals surface area contributed by atoms with Crippen LogP contribution in [0.1, 0.15) is 36.8 Å². The standard InChI is InChI=1S/C10H17N3O2/c1-4-7-8(10(14)15-6-3)9(11)12-13(7)5-2/h4-6H2,1-3H3,(H2,11,12). The van der Waals surface area contributed by atoms with Gasteiger partial charge in [0.1, 0.15) is 5.56 Å². The number of aromatic nitrogens is 2. The van der Waals surface area contributed by atoms with Crippen molar-refractivity contribution in [2.45, 2.75) is 33.7 Å². The third-order valence-electron chi connectivity index (χ3n) is 2.20. The fourth-order valence-electron chi connectivity index (χ4n) is 1.56. The van der Waals surface area contributed by atoms with E-state index in [1.165, 1.54) is 0 Å². The molecule has 0 aliphatic rings. The Kier molecular flexibility index (Phi) is 3.71. The normalized spacial score (nSPS) is 10.3. The molecule has 0 radical (unpaired) electrons. The monoisotopic (exact) mass is 211 g/mol. The second-order valence-electron chi connectivity index (χ2n) is 3.10.